The van der Waals surface area contributed by atoms with Gasteiger partial charge in [0.25, 0.3) is 5.91 Å². The largest absolute Gasteiger partial charge is 0.338 e. The fraction of sp³-hybridized carbons (Fsp3) is 0.273. The van der Waals surface area contributed by atoms with Crippen LogP contribution in [0.15, 0.2) is 59.8 Å². The smallest absolute Gasteiger partial charge is 0.256 e. The van der Waals surface area contributed by atoms with Gasteiger partial charge in [-0.3, -0.25) is 9.78 Å². The second-order valence-electron chi connectivity index (χ2n) is 7.50. The van der Waals surface area contributed by atoms with Crippen LogP contribution >= 0.6 is 0 Å². The van der Waals surface area contributed by atoms with Crippen molar-refractivity contribution in [1.82, 2.24) is 19.9 Å². The summed E-state index contributed by atoms with van der Waals surface area (Å²) in [4.78, 5) is 27.5. The lowest BCUT2D eigenvalue weighted by Crippen LogP contribution is -2.40. The fourth-order valence-corrected chi connectivity index (χ4v) is 4.61. The normalized spacial score (nSPS) is 16.8. The molecule has 1 aliphatic rings. The van der Waals surface area contributed by atoms with E-state index >= 15 is 0 Å². The molecule has 1 amide bonds. The third-order valence-electron chi connectivity index (χ3n) is 5.28. The topological polar surface area (TPSA) is 93.1 Å². The highest BCUT2D eigenvalue weighted by molar-refractivity contribution is 7.90. The van der Waals surface area contributed by atoms with E-state index in [1.807, 2.05) is 0 Å². The molecule has 7 nitrogen and oxygen atoms in total. The van der Waals surface area contributed by atoms with Gasteiger partial charge >= 0.3 is 0 Å². The van der Waals surface area contributed by atoms with Crippen molar-refractivity contribution in [3.05, 3.63) is 71.9 Å². The van der Waals surface area contributed by atoms with Crippen LogP contribution in [0.3, 0.4) is 0 Å². The van der Waals surface area contributed by atoms with Gasteiger partial charge in [-0.05, 0) is 37.1 Å². The molecule has 0 N–H and O–H groups in total. The van der Waals surface area contributed by atoms with Crippen LogP contribution in [0.25, 0.3) is 11.5 Å². The minimum Gasteiger partial charge on any atom is -0.338 e. The highest BCUT2D eigenvalue weighted by atomic mass is 32.2. The van der Waals surface area contributed by atoms with E-state index in [4.69, 9.17) is 0 Å². The molecule has 1 saturated heterocycles. The third kappa shape index (κ3) is 4.46. The number of nitrogens with zero attached hydrogens (tertiary/aromatic N) is 4. The summed E-state index contributed by atoms with van der Waals surface area (Å²) in [6, 6.07) is 11.2. The Kier molecular flexibility index (Phi) is 5.77. The number of piperidine rings is 1. The second-order valence-corrected chi connectivity index (χ2v) is 9.48. The molecule has 160 valence electrons. The first kappa shape index (κ1) is 21.0. The first-order valence-corrected chi connectivity index (χ1v) is 11.8. The number of rotatable bonds is 4. The van der Waals surface area contributed by atoms with E-state index in [-0.39, 0.29) is 22.9 Å². The van der Waals surface area contributed by atoms with Gasteiger partial charge in [-0.15, -0.1) is 0 Å². The zero-order chi connectivity index (χ0) is 22.0. The lowest BCUT2D eigenvalue weighted by molar-refractivity contribution is 0.0700. The average molecular weight is 441 g/mol. The SMILES string of the molecule is CS(=O)(=O)c1cnc(-c2ccccn2)nc1C1CCCN(C(=O)c2ccccc2F)C1. The minimum atomic E-state index is -3.59. The van der Waals surface area contributed by atoms with Crippen LogP contribution in [0, 0.1) is 5.82 Å². The molecular weight excluding hydrogens is 419 g/mol. The van der Waals surface area contributed by atoms with Crippen molar-refractivity contribution < 1.29 is 17.6 Å². The molecule has 1 fully saturated rings. The number of halogens is 1. The number of carbonyl (C=O) groups is 1. The molecule has 3 aromatic rings. The summed E-state index contributed by atoms with van der Waals surface area (Å²) in [5, 5.41) is 0. The summed E-state index contributed by atoms with van der Waals surface area (Å²) in [7, 11) is -3.59. The van der Waals surface area contributed by atoms with Crippen LogP contribution in [-0.2, 0) is 9.84 Å². The van der Waals surface area contributed by atoms with Crippen LogP contribution in [0.5, 0.6) is 0 Å². The maximum absolute atomic E-state index is 14.1. The third-order valence-corrected chi connectivity index (χ3v) is 6.39. The van der Waals surface area contributed by atoms with Gasteiger partial charge in [-0.25, -0.2) is 22.8 Å². The van der Waals surface area contributed by atoms with E-state index in [1.165, 1.54) is 24.4 Å². The Morgan fingerprint density at radius 1 is 1.13 bits per heavy atom. The van der Waals surface area contributed by atoms with E-state index in [2.05, 4.69) is 15.0 Å². The van der Waals surface area contributed by atoms with Crippen molar-refractivity contribution in [3.63, 3.8) is 0 Å². The number of pyridine rings is 1. The fourth-order valence-electron chi connectivity index (χ4n) is 3.77. The summed E-state index contributed by atoms with van der Waals surface area (Å²) in [6.07, 6.45) is 5.33. The molecule has 1 atom stereocenters. The molecule has 1 aromatic carbocycles. The number of sulfone groups is 1. The number of likely N-dealkylation sites (tertiary alicyclic amines) is 1. The van der Waals surface area contributed by atoms with E-state index in [9.17, 15) is 17.6 Å². The Morgan fingerprint density at radius 2 is 1.90 bits per heavy atom. The molecule has 0 radical (unpaired) electrons. The second kappa shape index (κ2) is 8.50. The van der Waals surface area contributed by atoms with Crippen molar-refractivity contribution in [2.75, 3.05) is 19.3 Å². The number of hydrogen-bond acceptors (Lipinski definition) is 6. The van der Waals surface area contributed by atoms with Crippen LogP contribution in [-0.4, -0.2) is 53.5 Å². The molecule has 3 heterocycles. The summed E-state index contributed by atoms with van der Waals surface area (Å²) in [6.45, 7) is 0.713. The molecule has 9 heteroatoms. The monoisotopic (exact) mass is 440 g/mol. The maximum atomic E-state index is 14.1. The van der Waals surface area contributed by atoms with Gasteiger partial charge in [0.15, 0.2) is 15.7 Å². The molecule has 0 bridgehead atoms. The van der Waals surface area contributed by atoms with Crippen molar-refractivity contribution >= 4 is 15.7 Å². The van der Waals surface area contributed by atoms with E-state index in [1.54, 1.807) is 35.4 Å². The van der Waals surface area contributed by atoms with Gasteiger partial charge in [0, 0.05) is 37.7 Å². The molecule has 1 aliphatic heterocycles. The standard InChI is InChI=1S/C22H21FN4O3S/c1-31(29,30)19-13-25-21(18-10-4-5-11-24-18)26-20(19)15-7-6-12-27(14-15)22(28)16-8-2-3-9-17(16)23/h2-5,8-11,13,15H,6-7,12,14H2,1H3. The number of amides is 1. The van der Waals surface area contributed by atoms with Gasteiger partial charge in [0.2, 0.25) is 0 Å². The minimum absolute atomic E-state index is 0.00310. The Balaban J connectivity index is 1.70. The lowest BCUT2D eigenvalue weighted by atomic mass is 9.93. The van der Waals surface area contributed by atoms with E-state index in [0.717, 1.165) is 6.26 Å². The predicted molar refractivity (Wildman–Crippen MR) is 113 cm³/mol. The molecule has 2 aromatic heterocycles. The van der Waals surface area contributed by atoms with Gasteiger partial charge in [0.1, 0.15) is 16.4 Å². The van der Waals surface area contributed by atoms with Crippen LogP contribution in [0.4, 0.5) is 4.39 Å². The van der Waals surface area contributed by atoms with Crippen molar-refractivity contribution in [2.24, 2.45) is 0 Å². The Bertz CT molecular complexity index is 1220. The first-order chi connectivity index (χ1) is 14.8. The zero-order valence-corrected chi connectivity index (χ0v) is 17.7. The van der Waals surface area contributed by atoms with Gasteiger partial charge in [-0.2, -0.15) is 0 Å². The molecule has 0 saturated carbocycles. The van der Waals surface area contributed by atoms with Gasteiger partial charge in [-0.1, -0.05) is 18.2 Å². The quantitative estimate of drug-likeness (QED) is 0.619. The molecule has 0 aliphatic carbocycles. The molecule has 1 unspecified atom stereocenters. The van der Waals surface area contributed by atoms with Crippen LogP contribution in [0.2, 0.25) is 0 Å². The van der Waals surface area contributed by atoms with E-state index in [0.29, 0.717) is 36.6 Å². The zero-order valence-electron chi connectivity index (χ0n) is 16.9. The number of hydrogen-bond donors (Lipinski definition) is 0. The van der Waals surface area contributed by atoms with Crippen LogP contribution < -0.4 is 0 Å². The number of benzene rings is 1. The molecule has 0 spiro atoms. The van der Waals surface area contributed by atoms with Gasteiger partial charge < -0.3 is 4.90 Å². The molecule has 31 heavy (non-hydrogen) atoms. The Morgan fingerprint density at radius 3 is 2.61 bits per heavy atom. The molecular formula is C22H21FN4O3S. The van der Waals surface area contributed by atoms with Crippen molar-refractivity contribution in [1.29, 1.82) is 0 Å². The van der Waals surface area contributed by atoms with Crippen molar-refractivity contribution in [2.45, 2.75) is 23.7 Å². The molecule has 4 rings (SSSR count). The summed E-state index contributed by atoms with van der Waals surface area (Å²) in [5.41, 5.74) is 0.895. The lowest BCUT2D eigenvalue weighted by Gasteiger charge is -2.33. The number of aromatic nitrogens is 3. The summed E-state index contributed by atoms with van der Waals surface area (Å²) in [5.74, 6) is -0.992. The first-order valence-electron chi connectivity index (χ1n) is 9.87. The van der Waals surface area contributed by atoms with Crippen molar-refractivity contribution in [3.8, 4) is 11.5 Å². The van der Waals surface area contributed by atoms with E-state index < -0.39 is 21.6 Å². The number of carbonyl (C=O) groups excluding carboxylic acids is 1. The average Bonchev–Trinajstić information content (AvgIpc) is 2.78. The summed E-state index contributed by atoms with van der Waals surface area (Å²) < 4.78 is 38.9. The maximum Gasteiger partial charge on any atom is 0.256 e. The Hall–Kier alpha value is -3.20. The Labute approximate surface area is 179 Å². The summed E-state index contributed by atoms with van der Waals surface area (Å²) >= 11 is 0. The predicted octanol–water partition coefficient (Wildman–Crippen LogP) is 3.10. The van der Waals surface area contributed by atoms with Crippen LogP contribution in [0.1, 0.15) is 34.8 Å². The highest BCUT2D eigenvalue weighted by Gasteiger charge is 2.31. The van der Waals surface area contributed by atoms with Gasteiger partial charge in [0.05, 0.1) is 11.3 Å². The highest BCUT2D eigenvalue weighted by Crippen LogP contribution is 2.32.